The lowest BCUT2D eigenvalue weighted by atomic mass is 9.98. The zero-order chi connectivity index (χ0) is 34.8. The molecule has 1 aliphatic heterocycles. The molecule has 0 spiro atoms. The predicted octanol–water partition coefficient (Wildman–Crippen LogP) is 3.05. The molecule has 0 saturated carbocycles. The van der Waals surface area contributed by atoms with Crippen LogP contribution in [0, 0.1) is 11.3 Å². The van der Waals surface area contributed by atoms with Gasteiger partial charge in [-0.2, -0.15) is 0 Å². The molecule has 4 aromatic carbocycles. The molecule has 1 heterocycles. The Hall–Kier alpha value is -4.73. The maximum atomic E-state index is 14.8. The molecule has 48 heavy (non-hydrogen) atoms. The number of sulfonamides is 2. The number of ether oxygens (including phenoxy) is 1. The summed E-state index contributed by atoms with van der Waals surface area (Å²) in [6.45, 7) is 1.88. The fourth-order valence-corrected chi connectivity index (χ4v) is 9.86. The second-order valence-electron chi connectivity index (χ2n) is 11.8. The number of rotatable bonds is 10. The Balaban J connectivity index is 1.66. The molecule has 0 radical (unpaired) electrons. The number of likely N-dealkylation sites (tertiary alicyclic amines) is 1. The van der Waals surface area contributed by atoms with Gasteiger partial charge in [0.2, 0.25) is 0 Å². The van der Waals surface area contributed by atoms with E-state index in [1.165, 1.54) is 30.3 Å². The summed E-state index contributed by atoms with van der Waals surface area (Å²) in [5.74, 6) is -2.52. The van der Waals surface area contributed by atoms with E-state index in [4.69, 9.17) is 15.9 Å². The Morgan fingerprint density at radius 2 is 1.65 bits per heavy atom. The minimum Gasteiger partial charge on any atom is -0.435 e. The molecular weight excluding hydrogens is 657 g/mol. The highest BCUT2D eigenvalue weighted by molar-refractivity contribution is 8.04. The van der Waals surface area contributed by atoms with Gasteiger partial charge in [-0.3, -0.25) is 15.0 Å². The van der Waals surface area contributed by atoms with E-state index >= 15 is 0 Å². The Morgan fingerprint density at radius 1 is 0.958 bits per heavy atom. The van der Waals surface area contributed by atoms with Gasteiger partial charge in [-0.15, -0.1) is 0 Å². The van der Waals surface area contributed by atoms with E-state index in [9.17, 15) is 26.4 Å². The van der Waals surface area contributed by atoms with Crippen molar-refractivity contribution in [3.05, 3.63) is 78.9 Å². The summed E-state index contributed by atoms with van der Waals surface area (Å²) in [6, 6.07) is 20.4. The number of carbonyl (C=O) groups is 2. The van der Waals surface area contributed by atoms with Crippen LogP contribution in [0.2, 0.25) is 0 Å². The van der Waals surface area contributed by atoms with Crippen molar-refractivity contribution in [2.24, 2.45) is 11.7 Å². The lowest BCUT2D eigenvalue weighted by molar-refractivity contribution is -0.158. The molecular formula is C33H38N6O7S2. The third-order valence-corrected chi connectivity index (χ3v) is 12.5. The van der Waals surface area contributed by atoms with Crippen LogP contribution in [0.25, 0.3) is 21.5 Å². The van der Waals surface area contributed by atoms with Gasteiger partial charge in [-0.05, 0) is 57.5 Å². The molecule has 4 N–H and O–H groups in total. The van der Waals surface area contributed by atoms with Crippen LogP contribution in [0.4, 0.5) is 5.69 Å². The van der Waals surface area contributed by atoms with E-state index in [0.717, 1.165) is 6.92 Å². The van der Waals surface area contributed by atoms with Gasteiger partial charge in [-0.25, -0.2) is 16.8 Å². The third-order valence-electron chi connectivity index (χ3n) is 8.23. The fraction of sp³-hybridized carbons (Fsp3) is 0.303. The second-order valence-corrected chi connectivity index (χ2v) is 15.6. The average molecular weight is 695 g/mol. The van der Waals surface area contributed by atoms with Gasteiger partial charge in [0.15, 0.2) is 5.96 Å². The third kappa shape index (κ3) is 6.93. The highest BCUT2D eigenvalue weighted by Gasteiger charge is 2.48. The Kier molecular flexibility index (Phi) is 9.94. The summed E-state index contributed by atoms with van der Waals surface area (Å²) in [4.78, 5) is 29.0. The SMILES string of the molecule is CC(=O)OC(C(=O)NCC1CCCN(C(=N)N)C1)N(S(=O)(=O)c1ccc2ccccc2c1)S(=O)(=O)c1cccc2c(N(C)C)cccc12. The van der Waals surface area contributed by atoms with Crippen molar-refractivity contribution >= 4 is 65.1 Å². The first kappa shape index (κ1) is 34.6. The maximum Gasteiger partial charge on any atom is 0.304 e. The van der Waals surface area contributed by atoms with E-state index in [2.05, 4.69) is 5.32 Å². The summed E-state index contributed by atoms with van der Waals surface area (Å²) in [6.07, 6.45) is -1.06. The van der Waals surface area contributed by atoms with E-state index in [1.807, 2.05) is 0 Å². The zero-order valence-electron chi connectivity index (χ0n) is 26.8. The van der Waals surface area contributed by atoms with Crippen LogP contribution in [-0.4, -0.2) is 83.2 Å². The molecule has 1 aliphatic rings. The number of esters is 1. The molecule has 0 aliphatic carbocycles. The number of benzene rings is 4. The van der Waals surface area contributed by atoms with Crippen molar-refractivity contribution in [2.45, 2.75) is 35.8 Å². The minimum absolute atomic E-state index is 0.000685. The average Bonchev–Trinajstić information content (AvgIpc) is 3.05. The van der Waals surface area contributed by atoms with Crippen molar-refractivity contribution in [2.75, 3.05) is 38.6 Å². The smallest absolute Gasteiger partial charge is 0.304 e. The van der Waals surface area contributed by atoms with Crippen molar-refractivity contribution < 1.29 is 31.2 Å². The van der Waals surface area contributed by atoms with Gasteiger partial charge in [0, 0.05) is 57.1 Å². The number of fused-ring (bicyclic) bond motifs is 2. The lowest BCUT2D eigenvalue weighted by Crippen LogP contribution is -2.55. The summed E-state index contributed by atoms with van der Waals surface area (Å²) < 4.78 is 64.0. The van der Waals surface area contributed by atoms with E-state index in [1.54, 1.807) is 72.4 Å². The predicted molar refractivity (Wildman–Crippen MR) is 183 cm³/mol. The molecule has 0 bridgehead atoms. The molecule has 1 amide bonds. The summed E-state index contributed by atoms with van der Waals surface area (Å²) in [5, 5.41) is 12.3. The molecule has 5 rings (SSSR count). The molecule has 1 saturated heterocycles. The van der Waals surface area contributed by atoms with Gasteiger partial charge in [0.1, 0.15) is 0 Å². The van der Waals surface area contributed by atoms with Gasteiger partial charge < -0.3 is 25.6 Å². The maximum absolute atomic E-state index is 14.8. The number of nitrogens with zero attached hydrogens (tertiary/aromatic N) is 3. The minimum atomic E-state index is -5.15. The zero-order valence-corrected chi connectivity index (χ0v) is 28.4. The first-order valence-electron chi connectivity index (χ1n) is 15.2. The highest BCUT2D eigenvalue weighted by Crippen LogP contribution is 2.35. The molecule has 1 fully saturated rings. The molecule has 4 aromatic rings. The van der Waals surface area contributed by atoms with Crippen LogP contribution in [0.15, 0.2) is 88.7 Å². The quantitative estimate of drug-likeness (QED) is 0.0966. The van der Waals surface area contributed by atoms with Crippen molar-refractivity contribution in [3.8, 4) is 0 Å². The molecule has 13 nitrogen and oxygen atoms in total. The van der Waals surface area contributed by atoms with Gasteiger partial charge in [0.25, 0.3) is 32.2 Å². The van der Waals surface area contributed by atoms with Crippen molar-refractivity contribution in [3.63, 3.8) is 0 Å². The Morgan fingerprint density at radius 3 is 2.33 bits per heavy atom. The monoisotopic (exact) mass is 694 g/mol. The lowest BCUT2D eigenvalue weighted by Gasteiger charge is -2.33. The van der Waals surface area contributed by atoms with Gasteiger partial charge >= 0.3 is 5.97 Å². The van der Waals surface area contributed by atoms with Crippen molar-refractivity contribution in [1.82, 2.24) is 13.9 Å². The summed E-state index contributed by atoms with van der Waals surface area (Å²) in [5.41, 5.74) is 6.33. The van der Waals surface area contributed by atoms with E-state index in [0.29, 0.717) is 47.8 Å². The van der Waals surface area contributed by atoms with E-state index in [-0.39, 0.29) is 27.5 Å². The first-order chi connectivity index (χ1) is 22.7. The Labute approximate surface area is 279 Å². The highest BCUT2D eigenvalue weighted by atomic mass is 32.3. The number of nitrogens with one attached hydrogen (secondary N) is 2. The van der Waals surface area contributed by atoms with Crippen LogP contribution in [0.3, 0.4) is 0 Å². The number of anilines is 1. The number of hydrogen-bond acceptors (Lipinski definition) is 9. The van der Waals surface area contributed by atoms with Gasteiger partial charge in [-0.1, -0.05) is 54.6 Å². The second kappa shape index (κ2) is 13.8. The molecule has 15 heteroatoms. The topological polar surface area (TPSA) is 183 Å². The number of piperidine rings is 1. The van der Waals surface area contributed by atoms with Crippen LogP contribution >= 0.6 is 0 Å². The van der Waals surface area contributed by atoms with Crippen LogP contribution < -0.4 is 16.0 Å². The molecule has 2 atom stereocenters. The Bertz CT molecular complexity index is 2100. The van der Waals surface area contributed by atoms with Gasteiger partial charge in [0.05, 0.1) is 9.79 Å². The number of hydrogen-bond donors (Lipinski definition) is 3. The summed E-state index contributed by atoms with van der Waals surface area (Å²) in [7, 11) is -6.67. The van der Waals surface area contributed by atoms with Crippen molar-refractivity contribution in [1.29, 1.82) is 5.41 Å². The normalized spacial score (nSPS) is 16.1. The molecule has 2 unspecified atom stereocenters. The fourth-order valence-electron chi connectivity index (χ4n) is 5.92. The number of guanidine groups is 1. The number of nitrogens with two attached hydrogens (primary N) is 1. The largest absolute Gasteiger partial charge is 0.435 e. The summed E-state index contributed by atoms with van der Waals surface area (Å²) >= 11 is 0. The van der Waals surface area contributed by atoms with E-state index < -0.39 is 47.9 Å². The van der Waals surface area contributed by atoms with Crippen LogP contribution in [-0.2, 0) is 34.4 Å². The molecule has 0 aromatic heterocycles. The number of carbonyl (C=O) groups excluding carboxylic acids is 2. The number of amides is 1. The standard InChI is InChI=1S/C33H38N6O7S2/c1-22(40)46-32(31(41)36-20-23-9-8-18-38(21-23)33(34)35)39(47(42,43)26-17-16-24-10-4-5-11-25(24)19-26)48(44,45)30-15-7-12-27-28(30)13-6-14-29(27)37(2)3/h4-7,10-17,19,23,32H,8-9,18,20-21H2,1-3H3,(H3,34,35)(H,36,41). The van der Waals surface area contributed by atoms with Crippen LogP contribution in [0.5, 0.6) is 0 Å². The first-order valence-corrected chi connectivity index (χ1v) is 18.1. The molecule has 254 valence electrons. The van der Waals surface area contributed by atoms with Crippen LogP contribution in [0.1, 0.15) is 19.8 Å².